The van der Waals surface area contributed by atoms with Crippen molar-refractivity contribution in [2.45, 2.75) is 45.2 Å². The Morgan fingerprint density at radius 3 is 2.95 bits per heavy atom. The lowest BCUT2D eigenvalue weighted by Gasteiger charge is -2.23. The standard InChI is InChI=1S/C15H21N3O2/c1-9-8-10(2)16-14(13(9)15(19)20)17-11-5-7-18-6-3-4-12(11)18/h8,11-12H,3-7H2,1-2H3,(H,16,17)(H,19,20). The summed E-state index contributed by atoms with van der Waals surface area (Å²) in [7, 11) is 0. The summed E-state index contributed by atoms with van der Waals surface area (Å²) in [4.78, 5) is 18.4. The molecule has 2 fully saturated rings. The summed E-state index contributed by atoms with van der Waals surface area (Å²) in [5.74, 6) is -0.368. The van der Waals surface area contributed by atoms with Gasteiger partial charge in [0.05, 0.1) is 0 Å². The molecule has 0 bridgehead atoms. The van der Waals surface area contributed by atoms with E-state index >= 15 is 0 Å². The van der Waals surface area contributed by atoms with E-state index in [1.807, 2.05) is 19.9 Å². The van der Waals surface area contributed by atoms with Crippen molar-refractivity contribution in [1.82, 2.24) is 9.88 Å². The van der Waals surface area contributed by atoms with Gasteiger partial charge in [-0.1, -0.05) is 0 Å². The van der Waals surface area contributed by atoms with E-state index in [4.69, 9.17) is 0 Å². The second kappa shape index (κ2) is 5.05. The molecule has 0 radical (unpaired) electrons. The van der Waals surface area contributed by atoms with Crippen LogP contribution in [0.5, 0.6) is 0 Å². The second-order valence-corrected chi connectivity index (χ2v) is 5.89. The van der Waals surface area contributed by atoms with Crippen molar-refractivity contribution in [1.29, 1.82) is 0 Å². The molecule has 0 aliphatic carbocycles. The average molecular weight is 275 g/mol. The number of carbonyl (C=O) groups is 1. The highest BCUT2D eigenvalue weighted by atomic mass is 16.4. The SMILES string of the molecule is Cc1cc(C)c(C(=O)O)c(NC2CCN3CCCC23)n1. The number of nitrogens with zero attached hydrogens (tertiary/aromatic N) is 2. The quantitative estimate of drug-likeness (QED) is 0.883. The normalized spacial score (nSPS) is 25.7. The van der Waals surface area contributed by atoms with Crippen LogP contribution in [-0.4, -0.2) is 46.1 Å². The maximum Gasteiger partial charge on any atom is 0.339 e. The third-order valence-electron chi connectivity index (χ3n) is 4.49. The summed E-state index contributed by atoms with van der Waals surface area (Å²) in [5.41, 5.74) is 1.94. The highest BCUT2D eigenvalue weighted by Gasteiger charge is 2.37. The number of hydrogen-bond donors (Lipinski definition) is 2. The van der Waals surface area contributed by atoms with Gasteiger partial charge in [-0.2, -0.15) is 0 Å². The lowest BCUT2D eigenvalue weighted by molar-refractivity contribution is 0.0696. The van der Waals surface area contributed by atoms with E-state index in [2.05, 4.69) is 15.2 Å². The van der Waals surface area contributed by atoms with Crippen LogP contribution in [0.1, 0.15) is 40.9 Å². The predicted octanol–water partition coefficient (Wildman–Crippen LogP) is 2.05. The van der Waals surface area contributed by atoms with Crippen LogP contribution in [0.4, 0.5) is 5.82 Å². The Balaban J connectivity index is 1.88. The summed E-state index contributed by atoms with van der Waals surface area (Å²) in [6, 6.07) is 2.69. The number of anilines is 1. The van der Waals surface area contributed by atoms with E-state index in [-0.39, 0.29) is 0 Å². The minimum atomic E-state index is -0.904. The molecule has 20 heavy (non-hydrogen) atoms. The molecule has 0 spiro atoms. The van der Waals surface area contributed by atoms with Crippen molar-refractivity contribution in [2.75, 3.05) is 18.4 Å². The van der Waals surface area contributed by atoms with Crippen LogP contribution < -0.4 is 5.32 Å². The van der Waals surface area contributed by atoms with E-state index in [0.717, 1.165) is 24.2 Å². The topological polar surface area (TPSA) is 65.5 Å². The number of aromatic carboxylic acids is 1. The molecule has 2 N–H and O–H groups in total. The maximum atomic E-state index is 11.5. The lowest BCUT2D eigenvalue weighted by Crippen LogP contribution is -2.34. The highest BCUT2D eigenvalue weighted by Crippen LogP contribution is 2.31. The van der Waals surface area contributed by atoms with Crippen molar-refractivity contribution >= 4 is 11.8 Å². The van der Waals surface area contributed by atoms with E-state index in [0.29, 0.717) is 23.5 Å². The molecule has 3 rings (SSSR count). The van der Waals surface area contributed by atoms with Crippen molar-refractivity contribution in [3.63, 3.8) is 0 Å². The van der Waals surface area contributed by atoms with Crippen LogP contribution >= 0.6 is 0 Å². The molecule has 0 saturated carbocycles. The molecule has 2 atom stereocenters. The molecule has 5 heteroatoms. The van der Waals surface area contributed by atoms with Gasteiger partial charge in [0.25, 0.3) is 0 Å². The minimum absolute atomic E-state index is 0.312. The maximum absolute atomic E-state index is 11.5. The van der Waals surface area contributed by atoms with Crippen LogP contribution in [0.25, 0.3) is 0 Å². The molecule has 5 nitrogen and oxygen atoms in total. The zero-order valence-electron chi connectivity index (χ0n) is 12.0. The summed E-state index contributed by atoms with van der Waals surface area (Å²) in [6.07, 6.45) is 3.51. The summed E-state index contributed by atoms with van der Waals surface area (Å²) >= 11 is 0. The summed E-state index contributed by atoms with van der Waals surface area (Å²) in [6.45, 7) is 6.02. The van der Waals surface area contributed by atoms with Crippen molar-refractivity contribution < 1.29 is 9.90 Å². The Labute approximate surface area is 119 Å². The van der Waals surface area contributed by atoms with Crippen molar-refractivity contribution in [3.8, 4) is 0 Å². The van der Waals surface area contributed by atoms with E-state index in [1.54, 1.807) is 0 Å². The molecular weight excluding hydrogens is 254 g/mol. The fourth-order valence-corrected chi connectivity index (χ4v) is 3.64. The third-order valence-corrected chi connectivity index (χ3v) is 4.49. The number of aryl methyl sites for hydroxylation is 2. The van der Waals surface area contributed by atoms with E-state index in [9.17, 15) is 9.90 Å². The molecule has 108 valence electrons. The highest BCUT2D eigenvalue weighted by molar-refractivity contribution is 5.94. The van der Waals surface area contributed by atoms with Gasteiger partial charge in [-0.15, -0.1) is 0 Å². The number of fused-ring (bicyclic) bond motifs is 1. The van der Waals surface area contributed by atoms with Gasteiger partial charge in [-0.05, 0) is 51.3 Å². The van der Waals surface area contributed by atoms with E-state index in [1.165, 1.54) is 19.4 Å². The first-order valence-electron chi connectivity index (χ1n) is 7.28. The largest absolute Gasteiger partial charge is 0.478 e. The smallest absolute Gasteiger partial charge is 0.339 e. The Hall–Kier alpha value is -1.62. The Kier molecular flexibility index (Phi) is 3.38. The molecule has 2 aliphatic heterocycles. The van der Waals surface area contributed by atoms with Gasteiger partial charge in [0.15, 0.2) is 0 Å². The first-order valence-corrected chi connectivity index (χ1v) is 7.28. The number of aromatic nitrogens is 1. The number of pyridine rings is 1. The van der Waals surface area contributed by atoms with Crippen LogP contribution in [0, 0.1) is 13.8 Å². The average Bonchev–Trinajstić information content (AvgIpc) is 2.92. The first-order chi connectivity index (χ1) is 9.56. The zero-order chi connectivity index (χ0) is 14.3. The minimum Gasteiger partial charge on any atom is -0.478 e. The number of rotatable bonds is 3. The molecule has 0 aromatic carbocycles. The van der Waals surface area contributed by atoms with Crippen molar-refractivity contribution in [3.05, 3.63) is 22.9 Å². The van der Waals surface area contributed by atoms with Gasteiger partial charge in [0.2, 0.25) is 0 Å². The summed E-state index contributed by atoms with van der Waals surface area (Å²) < 4.78 is 0. The van der Waals surface area contributed by atoms with Gasteiger partial charge in [-0.3, -0.25) is 4.90 Å². The molecule has 0 amide bonds. The Morgan fingerprint density at radius 2 is 2.20 bits per heavy atom. The Bertz CT molecular complexity index is 544. The monoisotopic (exact) mass is 275 g/mol. The van der Waals surface area contributed by atoms with Gasteiger partial charge in [0, 0.05) is 24.3 Å². The molecule has 2 aliphatic rings. The molecule has 1 aromatic heterocycles. The molecule has 2 saturated heterocycles. The number of nitrogens with one attached hydrogen (secondary N) is 1. The van der Waals surface area contributed by atoms with Crippen LogP contribution in [0.15, 0.2) is 6.07 Å². The van der Waals surface area contributed by atoms with Crippen molar-refractivity contribution in [2.24, 2.45) is 0 Å². The van der Waals surface area contributed by atoms with Gasteiger partial charge >= 0.3 is 5.97 Å². The lowest BCUT2D eigenvalue weighted by atomic mass is 10.0. The zero-order valence-corrected chi connectivity index (χ0v) is 12.0. The fraction of sp³-hybridized carbons (Fsp3) is 0.600. The Morgan fingerprint density at radius 1 is 1.40 bits per heavy atom. The molecule has 2 unspecified atom stereocenters. The van der Waals surface area contributed by atoms with Crippen LogP contribution in [-0.2, 0) is 0 Å². The molecule has 3 heterocycles. The predicted molar refractivity (Wildman–Crippen MR) is 77.3 cm³/mol. The van der Waals surface area contributed by atoms with Gasteiger partial charge in [0.1, 0.15) is 11.4 Å². The number of carboxylic acids is 1. The van der Waals surface area contributed by atoms with Gasteiger partial charge < -0.3 is 10.4 Å². The second-order valence-electron chi connectivity index (χ2n) is 5.89. The fourth-order valence-electron chi connectivity index (χ4n) is 3.64. The van der Waals surface area contributed by atoms with Crippen LogP contribution in [0.2, 0.25) is 0 Å². The first kappa shape index (κ1) is 13.4. The molecular formula is C15H21N3O2. The van der Waals surface area contributed by atoms with Gasteiger partial charge in [-0.25, -0.2) is 9.78 Å². The molecule has 1 aromatic rings. The summed E-state index contributed by atoms with van der Waals surface area (Å²) in [5, 5.41) is 12.8. The third kappa shape index (κ3) is 2.26. The number of hydrogen-bond acceptors (Lipinski definition) is 4. The van der Waals surface area contributed by atoms with E-state index < -0.39 is 5.97 Å². The number of carboxylic acid groups (broad SMARTS) is 1. The van der Waals surface area contributed by atoms with Crippen LogP contribution in [0.3, 0.4) is 0 Å².